The fraction of sp³-hybridized carbons (Fsp3) is 0.529. The number of aliphatic hydroxyl groups excluding tert-OH is 1. The van der Waals surface area contributed by atoms with Crippen LogP contribution in [0.25, 0.3) is 10.4 Å². The fourth-order valence-corrected chi connectivity index (χ4v) is 5.44. The average molecular weight is 326 g/mol. The molecule has 0 unspecified atom stereocenters. The fourth-order valence-electron chi connectivity index (χ4n) is 5.44. The van der Waals surface area contributed by atoms with E-state index in [9.17, 15) is 10.2 Å². The summed E-state index contributed by atoms with van der Waals surface area (Å²) in [5.74, 6) is 0.671. The summed E-state index contributed by atoms with van der Waals surface area (Å²) in [6, 6.07) is 1.75. The molecule has 0 amide bonds. The van der Waals surface area contributed by atoms with Crippen molar-refractivity contribution in [2.75, 3.05) is 13.6 Å². The van der Waals surface area contributed by atoms with Gasteiger partial charge in [-0.15, -0.1) is 0 Å². The third-order valence-electron chi connectivity index (χ3n) is 6.41. The molecule has 2 N–H and O–H groups in total. The Morgan fingerprint density at radius 2 is 2.29 bits per heavy atom. The first-order valence-electron chi connectivity index (χ1n) is 8.25. The predicted molar refractivity (Wildman–Crippen MR) is 86.4 cm³/mol. The number of hydrogen-bond donors (Lipinski definition) is 2. The number of hydrogen-bond acceptors (Lipinski definition) is 5. The zero-order valence-corrected chi connectivity index (χ0v) is 13.3. The van der Waals surface area contributed by atoms with E-state index in [-0.39, 0.29) is 23.1 Å². The zero-order valence-electron chi connectivity index (χ0n) is 13.3. The molecule has 1 fully saturated rings. The molecule has 0 radical (unpaired) electrons. The highest BCUT2D eigenvalue weighted by Gasteiger charge is 2.64. The molecule has 4 aliphatic rings. The second-order valence-electron chi connectivity index (χ2n) is 7.27. The first kappa shape index (κ1) is 14.2. The average Bonchev–Trinajstić information content (AvgIpc) is 2.91. The molecule has 0 saturated carbocycles. The van der Waals surface area contributed by atoms with Gasteiger partial charge in [0.1, 0.15) is 12.2 Å². The second-order valence-corrected chi connectivity index (χ2v) is 7.27. The van der Waals surface area contributed by atoms with Crippen LogP contribution in [-0.2, 0) is 11.8 Å². The number of azide groups is 1. The molecule has 1 spiro atoms. The Kier molecular flexibility index (Phi) is 2.62. The van der Waals surface area contributed by atoms with Crippen LogP contribution in [0.15, 0.2) is 23.3 Å². The lowest BCUT2D eigenvalue weighted by molar-refractivity contribution is -0.0452. The van der Waals surface area contributed by atoms with Gasteiger partial charge in [0.25, 0.3) is 0 Å². The third kappa shape index (κ3) is 1.43. The van der Waals surface area contributed by atoms with Gasteiger partial charge in [-0.1, -0.05) is 17.3 Å². The van der Waals surface area contributed by atoms with Crippen molar-refractivity contribution in [3.05, 3.63) is 39.8 Å². The lowest BCUT2D eigenvalue weighted by Gasteiger charge is -2.56. The van der Waals surface area contributed by atoms with Crippen molar-refractivity contribution >= 4 is 5.69 Å². The molecule has 5 atom stereocenters. The van der Waals surface area contributed by atoms with E-state index in [0.29, 0.717) is 11.4 Å². The Morgan fingerprint density at radius 3 is 3.08 bits per heavy atom. The van der Waals surface area contributed by atoms with Gasteiger partial charge in [-0.25, -0.2) is 0 Å². The quantitative estimate of drug-likeness (QED) is 0.357. The molecule has 5 rings (SSSR count). The maximum Gasteiger partial charge on any atom is 0.165 e. The summed E-state index contributed by atoms with van der Waals surface area (Å²) in [6.45, 7) is 0.910. The van der Waals surface area contributed by atoms with Gasteiger partial charge in [0.15, 0.2) is 11.5 Å². The number of likely N-dealkylation sites (N-methyl/N-ethyl adjacent to an activating group) is 1. The summed E-state index contributed by atoms with van der Waals surface area (Å²) >= 11 is 0. The second kappa shape index (κ2) is 4.45. The molecule has 0 aromatic heterocycles. The summed E-state index contributed by atoms with van der Waals surface area (Å²) < 4.78 is 6.09. The van der Waals surface area contributed by atoms with E-state index < -0.39 is 12.2 Å². The molecule has 124 valence electrons. The Balaban J connectivity index is 1.87. The summed E-state index contributed by atoms with van der Waals surface area (Å²) in [5.41, 5.74) is 10.9. The highest BCUT2D eigenvalue weighted by atomic mass is 16.5. The summed E-state index contributed by atoms with van der Waals surface area (Å²) in [6.07, 6.45) is 4.42. The number of phenols is 1. The smallest absolute Gasteiger partial charge is 0.165 e. The van der Waals surface area contributed by atoms with Gasteiger partial charge >= 0.3 is 0 Å². The Labute approximate surface area is 138 Å². The van der Waals surface area contributed by atoms with Crippen LogP contribution in [0.2, 0.25) is 0 Å². The highest BCUT2D eigenvalue weighted by molar-refractivity contribution is 5.69. The number of piperidine rings is 1. The van der Waals surface area contributed by atoms with E-state index in [1.807, 2.05) is 6.08 Å². The van der Waals surface area contributed by atoms with Gasteiger partial charge in [-0.2, -0.15) is 0 Å². The number of ether oxygens (including phenoxy) is 1. The molecule has 2 aliphatic carbocycles. The zero-order chi connectivity index (χ0) is 16.6. The van der Waals surface area contributed by atoms with E-state index in [4.69, 9.17) is 10.3 Å². The molecular weight excluding hydrogens is 308 g/mol. The number of likely N-dealkylation sites (tertiary alicyclic amines) is 1. The Morgan fingerprint density at radius 1 is 1.46 bits per heavy atom. The summed E-state index contributed by atoms with van der Waals surface area (Å²) in [7, 11) is 2.11. The van der Waals surface area contributed by atoms with Crippen molar-refractivity contribution in [2.45, 2.75) is 36.5 Å². The lowest BCUT2D eigenvalue weighted by atomic mass is 9.53. The number of nitrogens with zero attached hydrogens (tertiary/aromatic N) is 4. The SMILES string of the molecule is CN1CC[C@]23c4c5c(N=[N+]=[N-])cc(O)c4O[C@H]2[C@@H](O)C=C[C@H]3[C@H]1C5. The van der Waals surface area contributed by atoms with Crippen LogP contribution < -0.4 is 4.74 Å². The van der Waals surface area contributed by atoms with Crippen LogP contribution >= 0.6 is 0 Å². The number of aromatic hydroxyl groups is 1. The highest BCUT2D eigenvalue weighted by Crippen LogP contribution is 2.63. The molecular formula is C17H18N4O3. The minimum absolute atomic E-state index is 0.0109. The van der Waals surface area contributed by atoms with E-state index in [1.165, 1.54) is 6.07 Å². The van der Waals surface area contributed by atoms with Crippen molar-refractivity contribution < 1.29 is 14.9 Å². The predicted octanol–water partition coefficient (Wildman–Crippen LogP) is 2.14. The molecule has 7 heteroatoms. The minimum atomic E-state index is -0.703. The van der Waals surface area contributed by atoms with Crippen LogP contribution in [0.4, 0.5) is 5.69 Å². The normalized spacial score (nSPS) is 38.2. The lowest BCUT2D eigenvalue weighted by Crippen LogP contribution is -2.64. The summed E-state index contributed by atoms with van der Waals surface area (Å²) in [4.78, 5) is 5.26. The van der Waals surface area contributed by atoms with E-state index >= 15 is 0 Å². The molecule has 1 aromatic rings. The summed E-state index contributed by atoms with van der Waals surface area (Å²) in [5, 5.41) is 24.8. The first-order chi connectivity index (χ1) is 11.6. The van der Waals surface area contributed by atoms with Crippen LogP contribution in [0, 0.1) is 5.92 Å². The van der Waals surface area contributed by atoms with Crippen LogP contribution in [0.5, 0.6) is 11.5 Å². The van der Waals surface area contributed by atoms with Crippen molar-refractivity contribution in [3.63, 3.8) is 0 Å². The Hall–Kier alpha value is -2.21. The molecule has 2 bridgehead atoms. The largest absolute Gasteiger partial charge is 0.504 e. The molecule has 2 heterocycles. The molecule has 24 heavy (non-hydrogen) atoms. The molecule has 7 nitrogen and oxygen atoms in total. The van der Waals surface area contributed by atoms with Gasteiger partial charge in [-0.3, -0.25) is 0 Å². The van der Waals surface area contributed by atoms with Crippen LogP contribution in [0.3, 0.4) is 0 Å². The molecule has 1 aromatic carbocycles. The van der Waals surface area contributed by atoms with Gasteiger partial charge in [-0.05, 0) is 43.6 Å². The minimum Gasteiger partial charge on any atom is -0.504 e. The monoisotopic (exact) mass is 326 g/mol. The van der Waals surface area contributed by atoms with E-state index in [1.54, 1.807) is 0 Å². The van der Waals surface area contributed by atoms with E-state index in [0.717, 1.165) is 30.5 Å². The van der Waals surface area contributed by atoms with Crippen molar-refractivity contribution in [1.29, 1.82) is 0 Å². The van der Waals surface area contributed by atoms with Gasteiger partial charge in [0.05, 0.1) is 0 Å². The maximum absolute atomic E-state index is 10.5. The van der Waals surface area contributed by atoms with Crippen LogP contribution in [-0.4, -0.2) is 47.0 Å². The van der Waals surface area contributed by atoms with Gasteiger partial charge in [0, 0.05) is 33.5 Å². The standard InChI is InChI=1S/C17H18N4O3/c1-21-5-4-17-9-2-3-12(22)16(17)24-15-13(23)7-10(19-20-18)8(14(15)17)6-11(9)21/h2-3,7,9,11-12,16,22-23H,4-6H2,1H3/t9-,11+,12-,16-,17-/m0/s1. The Bertz CT molecular complexity index is 832. The number of benzene rings is 1. The van der Waals surface area contributed by atoms with Crippen LogP contribution in [0.1, 0.15) is 17.5 Å². The number of rotatable bonds is 1. The number of phenolic OH excluding ortho intramolecular Hbond substituents is 1. The first-order valence-corrected chi connectivity index (χ1v) is 8.25. The van der Waals surface area contributed by atoms with E-state index in [2.05, 4.69) is 28.0 Å². The topological polar surface area (TPSA) is 102 Å². The van der Waals surface area contributed by atoms with Gasteiger partial charge in [0.2, 0.25) is 0 Å². The molecule has 2 aliphatic heterocycles. The third-order valence-corrected chi connectivity index (χ3v) is 6.41. The molecule has 1 saturated heterocycles. The van der Waals surface area contributed by atoms with Crippen molar-refractivity contribution in [2.24, 2.45) is 11.0 Å². The van der Waals surface area contributed by atoms with Crippen molar-refractivity contribution in [1.82, 2.24) is 4.90 Å². The van der Waals surface area contributed by atoms with Crippen molar-refractivity contribution in [3.8, 4) is 11.5 Å². The maximum atomic E-state index is 10.5. The van der Waals surface area contributed by atoms with Gasteiger partial charge < -0.3 is 19.8 Å². The number of aliphatic hydroxyl groups is 1.